The van der Waals surface area contributed by atoms with Crippen LogP contribution in [0.5, 0.6) is 0 Å². The fourth-order valence-corrected chi connectivity index (χ4v) is 3.18. The van der Waals surface area contributed by atoms with E-state index in [0.29, 0.717) is 11.9 Å². The maximum Gasteiger partial charge on any atom is 0.330 e. The highest BCUT2D eigenvalue weighted by atomic mass is 16.7. The molecule has 9 nitrogen and oxygen atoms in total. The number of hydrogen-bond acceptors (Lipinski definition) is 9. The van der Waals surface area contributed by atoms with Gasteiger partial charge in [-0.1, -0.05) is 6.92 Å². The molecule has 0 aromatic rings. The summed E-state index contributed by atoms with van der Waals surface area (Å²) < 4.78 is 21.9. The summed E-state index contributed by atoms with van der Waals surface area (Å²) in [4.78, 5) is 35.8. The van der Waals surface area contributed by atoms with Crippen LogP contribution < -0.4 is 0 Å². The van der Waals surface area contributed by atoms with Crippen LogP contribution in [-0.2, 0) is 33.3 Å². The maximum absolute atomic E-state index is 12.1. The van der Waals surface area contributed by atoms with Crippen molar-refractivity contribution in [2.45, 2.75) is 64.1 Å². The minimum Gasteiger partial charge on any atom is -0.466 e. The Morgan fingerprint density at radius 2 is 2.04 bits per heavy atom. The zero-order valence-electron chi connectivity index (χ0n) is 17.0. The standard InChI is InChI=1S/C19H30O9/c1-6-15(23)27-17-12(8-16(24)25-4)7-14(9-13(22)10-20)28-19(17,26-5)18(2,3)11-21/h8,11,13-14,17,20,22H,6-7,9-10H2,1-5H3/t13?,14-,17-,19+/m0/s1. The summed E-state index contributed by atoms with van der Waals surface area (Å²) in [5.74, 6) is -3.00. The average molecular weight is 402 g/mol. The predicted octanol–water partition coefficient (Wildman–Crippen LogP) is 0.508. The number of aliphatic hydroxyl groups excluding tert-OH is 2. The van der Waals surface area contributed by atoms with Gasteiger partial charge < -0.3 is 34.0 Å². The molecule has 0 aromatic carbocycles. The number of aliphatic hydroxyl groups is 2. The molecule has 1 fully saturated rings. The van der Waals surface area contributed by atoms with Gasteiger partial charge in [0, 0.05) is 26.0 Å². The zero-order chi connectivity index (χ0) is 21.5. The first-order valence-electron chi connectivity index (χ1n) is 9.06. The van der Waals surface area contributed by atoms with Crippen molar-refractivity contribution in [1.82, 2.24) is 0 Å². The molecule has 1 aliphatic rings. The van der Waals surface area contributed by atoms with Crippen LogP contribution in [0.3, 0.4) is 0 Å². The Kier molecular flexibility index (Phi) is 8.75. The van der Waals surface area contributed by atoms with Gasteiger partial charge in [0.25, 0.3) is 0 Å². The summed E-state index contributed by atoms with van der Waals surface area (Å²) >= 11 is 0. The second kappa shape index (κ2) is 10.1. The Labute approximate surface area is 164 Å². The number of carbonyl (C=O) groups is 3. The molecule has 0 bridgehead atoms. The van der Waals surface area contributed by atoms with E-state index in [1.165, 1.54) is 20.3 Å². The maximum atomic E-state index is 12.1. The molecule has 0 saturated carbocycles. The number of methoxy groups -OCH3 is 2. The van der Waals surface area contributed by atoms with Crippen molar-refractivity contribution in [3.05, 3.63) is 11.6 Å². The fraction of sp³-hybridized carbons (Fsp3) is 0.737. The van der Waals surface area contributed by atoms with E-state index in [2.05, 4.69) is 4.74 Å². The third-order valence-electron chi connectivity index (χ3n) is 4.77. The number of rotatable bonds is 9. The lowest BCUT2D eigenvalue weighted by molar-refractivity contribution is -0.337. The summed E-state index contributed by atoms with van der Waals surface area (Å²) in [6.45, 7) is 4.23. The SMILES string of the molecule is CCC(=O)O[C@H]1C(=CC(=O)OC)C[C@@H](CC(O)CO)O[C@@]1(OC)C(C)(C)C=O. The number of esters is 2. The molecule has 1 heterocycles. The van der Waals surface area contributed by atoms with Gasteiger partial charge in [0.15, 0.2) is 6.10 Å². The van der Waals surface area contributed by atoms with Crippen LogP contribution in [0.15, 0.2) is 11.6 Å². The van der Waals surface area contributed by atoms with Gasteiger partial charge in [0.2, 0.25) is 5.79 Å². The smallest absolute Gasteiger partial charge is 0.330 e. The first-order valence-corrected chi connectivity index (χ1v) is 9.06. The Bertz CT molecular complexity index is 598. The molecular weight excluding hydrogens is 372 g/mol. The molecule has 2 N–H and O–H groups in total. The average Bonchev–Trinajstić information content (AvgIpc) is 2.68. The molecular formula is C19H30O9. The van der Waals surface area contributed by atoms with E-state index >= 15 is 0 Å². The zero-order valence-corrected chi connectivity index (χ0v) is 17.0. The molecule has 0 amide bonds. The van der Waals surface area contributed by atoms with Gasteiger partial charge in [-0.3, -0.25) is 4.79 Å². The van der Waals surface area contributed by atoms with E-state index in [1.807, 2.05) is 0 Å². The molecule has 1 saturated heterocycles. The van der Waals surface area contributed by atoms with Crippen LogP contribution in [0.25, 0.3) is 0 Å². The molecule has 28 heavy (non-hydrogen) atoms. The summed E-state index contributed by atoms with van der Waals surface area (Å²) in [6.07, 6.45) is -1.01. The quantitative estimate of drug-likeness (QED) is 0.322. The van der Waals surface area contributed by atoms with Crippen LogP contribution >= 0.6 is 0 Å². The van der Waals surface area contributed by atoms with Crippen LogP contribution in [0.2, 0.25) is 0 Å². The minimum absolute atomic E-state index is 0.0174. The van der Waals surface area contributed by atoms with Gasteiger partial charge in [-0.25, -0.2) is 4.79 Å². The van der Waals surface area contributed by atoms with Gasteiger partial charge in [-0.15, -0.1) is 0 Å². The molecule has 4 atom stereocenters. The largest absolute Gasteiger partial charge is 0.466 e. The van der Waals surface area contributed by atoms with E-state index in [4.69, 9.17) is 19.3 Å². The lowest BCUT2D eigenvalue weighted by Gasteiger charge is -2.51. The van der Waals surface area contributed by atoms with Crippen molar-refractivity contribution in [2.24, 2.45) is 5.41 Å². The minimum atomic E-state index is -1.75. The van der Waals surface area contributed by atoms with Gasteiger partial charge in [-0.2, -0.15) is 0 Å². The molecule has 0 aliphatic carbocycles. The lowest BCUT2D eigenvalue weighted by atomic mass is 9.75. The highest BCUT2D eigenvalue weighted by Gasteiger charge is 2.60. The topological polar surface area (TPSA) is 129 Å². The summed E-state index contributed by atoms with van der Waals surface area (Å²) in [6, 6.07) is 0. The monoisotopic (exact) mass is 402 g/mol. The number of ether oxygens (including phenoxy) is 4. The molecule has 0 spiro atoms. The van der Waals surface area contributed by atoms with Gasteiger partial charge in [0.1, 0.15) is 6.29 Å². The number of hydrogen-bond donors (Lipinski definition) is 2. The highest BCUT2D eigenvalue weighted by molar-refractivity contribution is 5.83. The molecule has 1 aliphatic heterocycles. The van der Waals surface area contributed by atoms with E-state index in [1.54, 1.807) is 20.8 Å². The van der Waals surface area contributed by atoms with Crippen LogP contribution in [-0.4, -0.2) is 73.4 Å². The number of aldehydes is 1. The summed E-state index contributed by atoms with van der Waals surface area (Å²) in [5.41, 5.74) is -0.967. The molecule has 1 unspecified atom stereocenters. The van der Waals surface area contributed by atoms with Crippen LogP contribution in [0, 0.1) is 5.41 Å². The summed E-state index contributed by atoms with van der Waals surface area (Å²) in [7, 11) is 2.51. The Morgan fingerprint density at radius 3 is 2.50 bits per heavy atom. The first kappa shape index (κ1) is 24.2. The van der Waals surface area contributed by atoms with E-state index in [9.17, 15) is 19.5 Å². The van der Waals surface area contributed by atoms with Crippen molar-refractivity contribution in [2.75, 3.05) is 20.8 Å². The Hall–Kier alpha value is -1.81. The Morgan fingerprint density at radius 1 is 1.39 bits per heavy atom. The van der Waals surface area contributed by atoms with Crippen molar-refractivity contribution in [3.8, 4) is 0 Å². The highest BCUT2D eigenvalue weighted by Crippen LogP contribution is 2.46. The molecule has 9 heteroatoms. The normalized spacial score (nSPS) is 27.9. The third kappa shape index (κ3) is 5.16. The van der Waals surface area contributed by atoms with Crippen molar-refractivity contribution in [3.63, 3.8) is 0 Å². The second-order valence-corrected chi connectivity index (χ2v) is 7.19. The fourth-order valence-electron chi connectivity index (χ4n) is 3.18. The summed E-state index contributed by atoms with van der Waals surface area (Å²) in [5, 5.41) is 19.0. The van der Waals surface area contributed by atoms with E-state index in [-0.39, 0.29) is 19.3 Å². The molecule has 0 aromatic heterocycles. The van der Waals surface area contributed by atoms with Gasteiger partial charge >= 0.3 is 11.9 Å². The van der Waals surface area contributed by atoms with Crippen molar-refractivity contribution >= 4 is 18.2 Å². The van der Waals surface area contributed by atoms with E-state index in [0.717, 1.165) is 0 Å². The Balaban J connectivity index is 3.55. The molecule has 1 rings (SSSR count). The lowest BCUT2D eigenvalue weighted by Crippen LogP contribution is -2.64. The van der Waals surface area contributed by atoms with Gasteiger partial charge in [0.05, 0.1) is 31.3 Å². The van der Waals surface area contributed by atoms with Crippen molar-refractivity contribution in [1.29, 1.82) is 0 Å². The first-order chi connectivity index (χ1) is 13.1. The second-order valence-electron chi connectivity index (χ2n) is 7.19. The van der Waals surface area contributed by atoms with Gasteiger partial charge in [-0.05, 0) is 25.8 Å². The van der Waals surface area contributed by atoms with Crippen LogP contribution in [0.1, 0.15) is 40.0 Å². The number of carbonyl (C=O) groups excluding carboxylic acids is 3. The molecule has 0 radical (unpaired) electrons. The van der Waals surface area contributed by atoms with E-state index < -0.39 is 48.1 Å². The third-order valence-corrected chi connectivity index (χ3v) is 4.77. The van der Waals surface area contributed by atoms with Crippen molar-refractivity contribution < 1.29 is 43.5 Å². The van der Waals surface area contributed by atoms with Crippen LogP contribution in [0.4, 0.5) is 0 Å². The predicted molar refractivity (Wildman–Crippen MR) is 97.1 cm³/mol. The molecule has 160 valence electrons.